The van der Waals surface area contributed by atoms with Crippen molar-refractivity contribution < 1.29 is 20.4 Å². The first-order chi connectivity index (χ1) is 7.43. The van der Waals surface area contributed by atoms with Gasteiger partial charge in [-0.05, 0) is 31.4 Å². The molecule has 1 aliphatic rings. The average molecular weight is 242 g/mol. The summed E-state index contributed by atoms with van der Waals surface area (Å²) in [4.78, 5) is 0. The van der Waals surface area contributed by atoms with E-state index in [2.05, 4.69) is 0 Å². The summed E-state index contributed by atoms with van der Waals surface area (Å²) in [6.45, 7) is 6.93. The molecule has 17 heavy (non-hydrogen) atoms. The molecule has 0 saturated heterocycles. The van der Waals surface area contributed by atoms with E-state index >= 15 is 0 Å². The third-order valence-electron chi connectivity index (χ3n) is 3.11. The van der Waals surface area contributed by atoms with E-state index < -0.39 is 11.6 Å². The van der Waals surface area contributed by atoms with Crippen LogP contribution in [0.4, 0.5) is 0 Å². The Kier molecular flexibility index (Phi) is 3.56. The summed E-state index contributed by atoms with van der Waals surface area (Å²) < 4.78 is 0. The van der Waals surface area contributed by atoms with E-state index in [0.29, 0.717) is 0 Å². The molecule has 4 heteroatoms. The summed E-state index contributed by atoms with van der Waals surface area (Å²) in [6, 6.07) is 0. The predicted octanol–water partition coefficient (Wildman–Crippen LogP) is 0.917. The molecule has 0 aromatic rings. The molecule has 0 heterocycles. The number of hydrogen-bond acceptors (Lipinski definition) is 4. The van der Waals surface area contributed by atoms with E-state index in [0.717, 1.165) is 5.57 Å². The first-order valence-electron chi connectivity index (χ1n) is 5.71. The van der Waals surface area contributed by atoms with Crippen LogP contribution in [0.3, 0.4) is 0 Å². The second-order valence-electron chi connectivity index (χ2n) is 5.86. The van der Waals surface area contributed by atoms with Crippen LogP contribution >= 0.6 is 0 Å². The van der Waals surface area contributed by atoms with Gasteiger partial charge in [-0.1, -0.05) is 25.5 Å². The van der Waals surface area contributed by atoms with E-state index in [1.165, 1.54) is 19.1 Å². The second kappa shape index (κ2) is 4.21. The van der Waals surface area contributed by atoms with Crippen LogP contribution < -0.4 is 0 Å². The fourth-order valence-electron chi connectivity index (χ4n) is 2.59. The second-order valence-corrected chi connectivity index (χ2v) is 5.86. The van der Waals surface area contributed by atoms with Gasteiger partial charge < -0.3 is 20.4 Å². The zero-order valence-corrected chi connectivity index (χ0v) is 10.8. The fourth-order valence-corrected chi connectivity index (χ4v) is 2.59. The largest absolute Gasteiger partial charge is 0.363 e. The van der Waals surface area contributed by atoms with Crippen LogP contribution in [-0.4, -0.2) is 32.0 Å². The number of rotatable bonds is 2. The highest BCUT2D eigenvalue weighted by molar-refractivity contribution is 5.23. The Balaban J connectivity index is 3.03. The molecule has 1 aliphatic carbocycles. The molecule has 1 atom stereocenters. The van der Waals surface area contributed by atoms with Crippen molar-refractivity contribution in [1.29, 1.82) is 0 Å². The third kappa shape index (κ3) is 3.92. The highest BCUT2D eigenvalue weighted by atomic mass is 16.5. The number of allylic oxidation sites excluding steroid dienone is 2. The smallest absolute Gasteiger partial charge is 0.183 e. The molecule has 0 radical (unpaired) electrons. The maximum atomic E-state index is 9.68. The molecule has 1 rings (SSSR count). The Hall–Kier alpha value is -0.680. The summed E-state index contributed by atoms with van der Waals surface area (Å²) >= 11 is 0. The van der Waals surface area contributed by atoms with Crippen molar-refractivity contribution >= 4 is 0 Å². The molecule has 0 spiro atoms. The van der Waals surface area contributed by atoms with Gasteiger partial charge in [0.15, 0.2) is 11.6 Å². The summed E-state index contributed by atoms with van der Waals surface area (Å²) in [5.74, 6) is -3.67. The zero-order chi connectivity index (χ0) is 13.5. The normalized spacial score (nSPS) is 28.2. The highest BCUT2D eigenvalue weighted by Gasteiger charge is 2.41. The zero-order valence-electron chi connectivity index (χ0n) is 10.8. The monoisotopic (exact) mass is 242 g/mol. The maximum absolute atomic E-state index is 9.68. The number of aliphatic hydroxyl groups is 4. The molecule has 0 amide bonds. The van der Waals surface area contributed by atoms with Crippen LogP contribution in [0.25, 0.3) is 0 Å². The van der Waals surface area contributed by atoms with E-state index in [1.807, 2.05) is 20.8 Å². The van der Waals surface area contributed by atoms with Gasteiger partial charge in [0.2, 0.25) is 0 Å². The lowest BCUT2D eigenvalue weighted by molar-refractivity contribution is -0.152. The van der Waals surface area contributed by atoms with Gasteiger partial charge in [0.05, 0.1) is 0 Å². The summed E-state index contributed by atoms with van der Waals surface area (Å²) in [6.07, 6.45) is 4.65. The molecule has 0 bridgehead atoms. The van der Waals surface area contributed by atoms with Gasteiger partial charge in [-0.15, -0.1) is 0 Å². The number of hydrogen-bond donors (Lipinski definition) is 4. The fraction of sp³-hybridized carbons (Fsp3) is 0.692. The Bertz CT molecular complexity index is 345. The summed E-state index contributed by atoms with van der Waals surface area (Å²) in [5, 5.41) is 37.9. The van der Waals surface area contributed by atoms with Crippen LogP contribution in [0.1, 0.15) is 34.1 Å². The minimum absolute atomic E-state index is 0.0476. The third-order valence-corrected chi connectivity index (χ3v) is 3.11. The molecule has 0 saturated carbocycles. The first kappa shape index (κ1) is 14.4. The average Bonchev–Trinajstić information content (AvgIpc) is 1.94. The topological polar surface area (TPSA) is 80.9 Å². The lowest BCUT2D eigenvalue weighted by Gasteiger charge is -2.42. The first-order valence-corrected chi connectivity index (χ1v) is 5.71. The van der Waals surface area contributed by atoms with Crippen LogP contribution in [0.5, 0.6) is 0 Å². The van der Waals surface area contributed by atoms with Crippen molar-refractivity contribution in [2.24, 2.45) is 11.3 Å². The van der Waals surface area contributed by atoms with Gasteiger partial charge in [-0.3, -0.25) is 0 Å². The minimum atomic E-state index is -1.84. The van der Waals surface area contributed by atoms with Crippen molar-refractivity contribution in [1.82, 2.24) is 0 Å². The molecule has 0 aliphatic heterocycles. The Morgan fingerprint density at radius 2 is 1.88 bits per heavy atom. The van der Waals surface area contributed by atoms with E-state index in [1.54, 1.807) is 6.08 Å². The Morgan fingerprint density at radius 1 is 1.35 bits per heavy atom. The van der Waals surface area contributed by atoms with Crippen molar-refractivity contribution in [2.75, 3.05) is 0 Å². The van der Waals surface area contributed by atoms with Gasteiger partial charge in [0.1, 0.15) is 0 Å². The summed E-state index contributed by atoms with van der Waals surface area (Å²) in [5.41, 5.74) is 0.455. The molecule has 4 nitrogen and oxygen atoms in total. The van der Waals surface area contributed by atoms with Crippen LogP contribution in [-0.2, 0) is 0 Å². The van der Waals surface area contributed by atoms with Crippen LogP contribution in [0.15, 0.2) is 23.8 Å². The predicted molar refractivity (Wildman–Crippen MR) is 64.8 cm³/mol. The molecule has 1 unspecified atom stereocenters. The van der Waals surface area contributed by atoms with Gasteiger partial charge >= 0.3 is 0 Å². The molecule has 98 valence electrons. The van der Waals surface area contributed by atoms with Crippen molar-refractivity contribution in [3.05, 3.63) is 23.8 Å². The molecular weight excluding hydrogens is 220 g/mol. The SMILES string of the molecule is CC1=CC(O)(O)CC(C)(C)C1C=CC(C)(O)O. The molecule has 4 N–H and O–H groups in total. The van der Waals surface area contributed by atoms with E-state index in [-0.39, 0.29) is 17.8 Å². The quantitative estimate of drug-likeness (QED) is 0.429. The van der Waals surface area contributed by atoms with E-state index in [4.69, 9.17) is 0 Å². The highest BCUT2D eigenvalue weighted by Crippen LogP contribution is 2.44. The minimum Gasteiger partial charge on any atom is -0.363 e. The van der Waals surface area contributed by atoms with Crippen molar-refractivity contribution in [3.63, 3.8) is 0 Å². The van der Waals surface area contributed by atoms with E-state index in [9.17, 15) is 20.4 Å². The van der Waals surface area contributed by atoms with Crippen LogP contribution in [0, 0.1) is 11.3 Å². The van der Waals surface area contributed by atoms with Gasteiger partial charge in [-0.2, -0.15) is 0 Å². The molecular formula is C13H22O4. The van der Waals surface area contributed by atoms with Crippen molar-refractivity contribution in [2.45, 2.75) is 45.7 Å². The Labute approximate surface area is 102 Å². The standard InChI is InChI=1S/C13H22O4/c1-9-7-13(16,17)8-11(2,3)10(9)5-6-12(4,14)15/h5-7,10,14-17H,8H2,1-4H3. The Morgan fingerprint density at radius 3 is 2.29 bits per heavy atom. The molecule has 0 aromatic heterocycles. The van der Waals surface area contributed by atoms with Crippen molar-refractivity contribution in [3.8, 4) is 0 Å². The summed E-state index contributed by atoms with van der Waals surface area (Å²) in [7, 11) is 0. The lowest BCUT2D eigenvalue weighted by atomic mass is 9.66. The molecule has 0 aromatic carbocycles. The van der Waals surface area contributed by atoms with Crippen LogP contribution in [0.2, 0.25) is 0 Å². The van der Waals surface area contributed by atoms with Gasteiger partial charge in [0.25, 0.3) is 0 Å². The van der Waals surface area contributed by atoms with Gasteiger partial charge in [-0.25, -0.2) is 0 Å². The molecule has 0 fully saturated rings. The van der Waals surface area contributed by atoms with Gasteiger partial charge in [0, 0.05) is 12.3 Å². The maximum Gasteiger partial charge on any atom is 0.183 e. The lowest BCUT2D eigenvalue weighted by Crippen LogP contribution is -2.41.